The van der Waals surface area contributed by atoms with Crippen LogP contribution in [0.4, 0.5) is 0 Å². The molecule has 1 aliphatic rings. The van der Waals surface area contributed by atoms with E-state index in [0.717, 1.165) is 39.8 Å². The van der Waals surface area contributed by atoms with Gasteiger partial charge in [0.15, 0.2) is 5.78 Å². The van der Waals surface area contributed by atoms with Crippen molar-refractivity contribution in [1.29, 1.82) is 5.26 Å². The second kappa shape index (κ2) is 6.29. The Hall–Kier alpha value is -2.93. The van der Waals surface area contributed by atoms with E-state index in [9.17, 15) is 10.1 Å². The van der Waals surface area contributed by atoms with Gasteiger partial charge in [-0.15, -0.1) is 0 Å². The molecule has 0 fully saturated rings. The molecule has 0 saturated carbocycles. The lowest BCUT2D eigenvalue weighted by Crippen LogP contribution is -2.29. The number of ketones is 1. The summed E-state index contributed by atoms with van der Waals surface area (Å²) in [5.41, 5.74) is 5.53. The Morgan fingerprint density at radius 3 is 2.52 bits per heavy atom. The molecule has 29 heavy (non-hydrogen) atoms. The monoisotopic (exact) mass is 385 g/mol. The van der Waals surface area contributed by atoms with Crippen molar-refractivity contribution in [1.82, 2.24) is 9.55 Å². The summed E-state index contributed by atoms with van der Waals surface area (Å²) in [6, 6.07) is 10.5. The second-order valence-electron chi connectivity index (χ2n) is 10.0. The zero-order valence-electron chi connectivity index (χ0n) is 18.1. The quantitative estimate of drug-likeness (QED) is 0.532. The number of pyridine rings is 1. The number of nitriles is 1. The number of benzene rings is 1. The first-order chi connectivity index (χ1) is 13.5. The lowest BCUT2D eigenvalue weighted by atomic mass is 9.73. The van der Waals surface area contributed by atoms with Gasteiger partial charge in [-0.05, 0) is 45.1 Å². The maximum absolute atomic E-state index is 13.3. The van der Waals surface area contributed by atoms with Crippen LogP contribution in [0.3, 0.4) is 0 Å². The lowest BCUT2D eigenvalue weighted by molar-refractivity contribution is 0.0911. The molecular weight excluding hydrogens is 358 g/mol. The molecule has 1 aliphatic carbocycles. The fourth-order valence-electron chi connectivity index (χ4n) is 4.46. The Kier molecular flexibility index (Phi) is 4.20. The Bertz CT molecular complexity index is 1200. The number of hydrogen-bond acceptors (Lipinski definition) is 3. The minimum Gasteiger partial charge on any atom is -0.326 e. The van der Waals surface area contributed by atoms with Crippen molar-refractivity contribution < 1.29 is 4.79 Å². The Morgan fingerprint density at radius 1 is 1.17 bits per heavy atom. The molecule has 0 spiro atoms. The molecule has 0 atom stereocenters. The lowest BCUT2D eigenvalue weighted by Gasteiger charge is -2.31. The van der Waals surface area contributed by atoms with E-state index in [2.05, 4.69) is 51.3 Å². The molecule has 0 unspecified atom stereocenters. The first-order valence-corrected chi connectivity index (χ1v) is 10.1. The molecule has 4 rings (SSSR count). The first kappa shape index (κ1) is 19.4. The van der Waals surface area contributed by atoms with Crippen LogP contribution in [0.2, 0.25) is 0 Å². The van der Waals surface area contributed by atoms with Crippen molar-refractivity contribution in [2.75, 3.05) is 0 Å². The highest BCUT2D eigenvalue weighted by Crippen LogP contribution is 2.43. The molecule has 2 aromatic heterocycles. The summed E-state index contributed by atoms with van der Waals surface area (Å²) in [6.45, 7) is 12.6. The average molecular weight is 386 g/mol. The maximum atomic E-state index is 13.3. The third-order valence-electron chi connectivity index (χ3n) is 5.72. The molecule has 1 aromatic carbocycles. The van der Waals surface area contributed by atoms with Gasteiger partial charge in [0.1, 0.15) is 11.7 Å². The first-order valence-electron chi connectivity index (χ1n) is 10.1. The second-order valence-corrected chi connectivity index (χ2v) is 10.0. The van der Waals surface area contributed by atoms with Crippen LogP contribution >= 0.6 is 0 Å². The van der Waals surface area contributed by atoms with Gasteiger partial charge in [0.25, 0.3) is 0 Å². The van der Waals surface area contributed by atoms with E-state index in [0.29, 0.717) is 17.5 Å². The number of fused-ring (bicyclic) bond motifs is 2. The van der Waals surface area contributed by atoms with Crippen LogP contribution in [0.15, 0.2) is 30.5 Å². The number of rotatable bonds is 1. The molecule has 0 amide bonds. The van der Waals surface area contributed by atoms with Crippen molar-refractivity contribution in [2.45, 2.75) is 59.9 Å². The summed E-state index contributed by atoms with van der Waals surface area (Å²) in [5, 5.41) is 10.7. The number of hydrogen-bond donors (Lipinski definition) is 0. The summed E-state index contributed by atoms with van der Waals surface area (Å²) >= 11 is 0. The number of Topliss-reactive ketones (excluding diaryl/α,β-unsaturated/α-hetero) is 1. The maximum Gasteiger partial charge on any atom is 0.165 e. The molecule has 4 heteroatoms. The largest absolute Gasteiger partial charge is 0.326 e. The van der Waals surface area contributed by atoms with Gasteiger partial charge < -0.3 is 4.57 Å². The van der Waals surface area contributed by atoms with Crippen LogP contribution in [-0.4, -0.2) is 15.3 Å². The predicted octanol–water partition coefficient (Wildman–Crippen LogP) is 5.79. The van der Waals surface area contributed by atoms with E-state index in [1.807, 2.05) is 31.3 Å². The predicted molar refractivity (Wildman–Crippen MR) is 116 cm³/mol. The Balaban J connectivity index is 2.21. The highest BCUT2D eigenvalue weighted by molar-refractivity contribution is 6.12. The molecule has 3 aromatic rings. The van der Waals surface area contributed by atoms with Crippen molar-refractivity contribution in [3.8, 4) is 17.2 Å². The van der Waals surface area contributed by atoms with E-state index in [-0.39, 0.29) is 16.7 Å². The average Bonchev–Trinajstić information content (AvgIpc) is 2.97. The molecule has 148 valence electrons. The molecular formula is C25H27N3O. The van der Waals surface area contributed by atoms with Gasteiger partial charge in [-0.25, -0.2) is 4.98 Å². The minimum absolute atomic E-state index is 0.119. The van der Waals surface area contributed by atoms with Crippen LogP contribution in [-0.2, 0) is 12.0 Å². The van der Waals surface area contributed by atoms with Crippen LogP contribution in [0, 0.1) is 23.7 Å². The summed E-state index contributed by atoms with van der Waals surface area (Å²) in [7, 11) is 0. The van der Waals surface area contributed by atoms with Gasteiger partial charge >= 0.3 is 0 Å². The number of carbonyl (C=O) groups excluding carboxylic acids is 1. The Labute approximate surface area is 172 Å². The smallest absolute Gasteiger partial charge is 0.165 e. The van der Waals surface area contributed by atoms with E-state index < -0.39 is 0 Å². The number of aryl methyl sites for hydroxylation is 1. The zero-order valence-corrected chi connectivity index (χ0v) is 18.1. The summed E-state index contributed by atoms with van der Waals surface area (Å²) < 4.78 is 2.08. The van der Waals surface area contributed by atoms with Crippen LogP contribution < -0.4 is 0 Å². The van der Waals surface area contributed by atoms with E-state index in [4.69, 9.17) is 4.98 Å². The minimum atomic E-state index is -0.230. The topological polar surface area (TPSA) is 58.7 Å². The normalized spacial score (nSPS) is 16.0. The molecule has 0 radical (unpaired) electrons. The van der Waals surface area contributed by atoms with Gasteiger partial charge in [-0.3, -0.25) is 4.79 Å². The molecule has 0 aliphatic heterocycles. The van der Waals surface area contributed by atoms with Crippen molar-refractivity contribution in [2.24, 2.45) is 5.41 Å². The third kappa shape index (κ3) is 3.15. The van der Waals surface area contributed by atoms with Crippen molar-refractivity contribution in [3.63, 3.8) is 0 Å². The highest BCUT2D eigenvalue weighted by Gasteiger charge is 2.36. The van der Waals surface area contributed by atoms with Crippen LogP contribution in [0.1, 0.15) is 68.2 Å². The standard InChI is InChI=1S/C25H27N3O/c1-15-8-7-9-16(10-15)20-21-17(13-26)14-28(24(2,3)4)23(21)27-18-11-25(5,6)12-19(29)22(18)20/h7-10,14H,11-12H2,1-6H3. The van der Waals surface area contributed by atoms with E-state index in [1.54, 1.807) is 0 Å². The Morgan fingerprint density at radius 2 is 1.90 bits per heavy atom. The summed E-state index contributed by atoms with van der Waals surface area (Å²) in [5.74, 6) is 0.120. The third-order valence-corrected chi connectivity index (χ3v) is 5.72. The number of aromatic nitrogens is 2. The molecule has 0 N–H and O–H groups in total. The van der Waals surface area contributed by atoms with Crippen LogP contribution in [0.25, 0.3) is 22.2 Å². The number of nitrogens with zero attached hydrogens (tertiary/aromatic N) is 3. The highest BCUT2D eigenvalue weighted by atomic mass is 16.1. The van der Waals surface area contributed by atoms with Gasteiger partial charge in [0, 0.05) is 34.7 Å². The molecule has 2 heterocycles. The van der Waals surface area contributed by atoms with Gasteiger partial charge in [0.2, 0.25) is 0 Å². The summed E-state index contributed by atoms with van der Waals surface area (Å²) in [4.78, 5) is 18.3. The number of carbonyl (C=O) groups is 1. The molecule has 0 bridgehead atoms. The van der Waals surface area contributed by atoms with Crippen molar-refractivity contribution in [3.05, 3.63) is 52.8 Å². The van der Waals surface area contributed by atoms with Gasteiger partial charge in [-0.1, -0.05) is 43.7 Å². The van der Waals surface area contributed by atoms with Gasteiger partial charge in [-0.2, -0.15) is 5.26 Å². The fourth-order valence-corrected chi connectivity index (χ4v) is 4.46. The zero-order chi connectivity index (χ0) is 21.1. The van der Waals surface area contributed by atoms with E-state index in [1.165, 1.54) is 0 Å². The SMILES string of the molecule is Cc1cccc(-c2c3c(nc4c2c(C#N)cn4C(C)(C)C)CC(C)(C)CC3=O)c1. The van der Waals surface area contributed by atoms with E-state index >= 15 is 0 Å². The van der Waals surface area contributed by atoms with Crippen molar-refractivity contribution >= 4 is 16.8 Å². The van der Waals surface area contributed by atoms with Crippen LogP contribution in [0.5, 0.6) is 0 Å². The summed E-state index contributed by atoms with van der Waals surface area (Å²) in [6.07, 6.45) is 3.13. The molecule has 0 saturated heterocycles. The fraction of sp³-hybridized carbons (Fsp3) is 0.400. The molecule has 4 nitrogen and oxygen atoms in total. The van der Waals surface area contributed by atoms with Gasteiger partial charge in [0.05, 0.1) is 11.3 Å².